The third-order valence-corrected chi connectivity index (χ3v) is 5.38. The number of anilines is 1. The molecule has 0 bridgehead atoms. The van der Waals surface area contributed by atoms with E-state index < -0.39 is 12.6 Å². The molecule has 3 aromatic carbocycles. The highest BCUT2D eigenvalue weighted by atomic mass is 35.5. The van der Waals surface area contributed by atoms with E-state index in [-0.39, 0.29) is 5.91 Å². The Bertz CT molecular complexity index is 1350. The number of benzene rings is 3. The molecule has 0 aliphatic rings. The normalized spacial score (nSPS) is 10.8. The van der Waals surface area contributed by atoms with E-state index >= 15 is 0 Å². The maximum atomic E-state index is 12.7. The van der Waals surface area contributed by atoms with Crippen molar-refractivity contribution in [3.63, 3.8) is 0 Å². The van der Waals surface area contributed by atoms with Crippen LogP contribution in [0.25, 0.3) is 22.4 Å². The Morgan fingerprint density at radius 2 is 1.88 bits per heavy atom. The molecule has 4 rings (SSSR count). The molecule has 0 spiro atoms. The summed E-state index contributed by atoms with van der Waals surface area (Å²) in [5, 5.41) is 12.0. The first-order valence-electron chi connectivity index (χ1n) is 9.83. The standard InChI is InChI=1S/C24H20ClN3O4/c1-13-3-5-16(9-14(13)2)26-24(31)15-4-8-20-21(10-15)28-23(27-20)18-7-6-17(11-19(18)25)32-12-22(29)30/h3-11H,12H2,1-2H3,(H,26,31)(H,27,28)(H,29,30). The van der Waals surface area contributed by atoms with Crippen LogP contribution in [0.1, 0.15) is 21.5 Å². The third kappa shape index (κ3) is 4.58. The molecule has 8 heteroatoms. The van der Waals surface area contributed by atoms with Gasteiger partial charge in [-0.2, -0.15) is 0 Å². The van der Waals surface area contributed by atoms with Crippen molar-refractivity contribution in [2.75, 3.05) is 11.9 Å². The molecule has 1 aromatic heterocycles. The van der Waals surface area contributed by atoms with Gasteiger partial charge in [0.1, 0.15) is 11.6 Å². The summed E-state index contributed by atoms with van der Waals surface area (Å²) in [7, 11) is 0. The molecule has 1 amide bonds. The fraction of sp³-hybridized carbons (Fsp3) is 0.125. The molecule has 0 saturated heterocycles. The number of aromatic nitrogens is 2. The summed E-state index contributed by atoms with van der Waals surface area (Å²) >= 11 is 6.35. The fourth-order valence-electron chi connectivity index (χ4n) is 3.22. The van der Waals surface area contributed by atoms with Crippen LogP contribution in [0.4, 0.5) is 5.69 Å². The van der Waals surface area contributed by atoms with Crippen molar-refractivity contribution < 1.29 is 19.4 Å². The number of fused-ring (bicyclic) bond motifs is 1. The van der Waals surface area contributed by atoms with Crippen LogP contribution < -0.4 is 10.1 Å². The first kappa shape index (κ1) is 21.4. The van der Waals surface area contributed by atoms with Gasteiger partial charge in [0.15, 0.2) is 6.61 Å². The lowest BCUT2D eigenvalue weighted by molar-refractivity contribution is -0.139. The number of ether oxygens (including phenoxy) is 1. The summed E-state index contributed by atoms with van der Waals surface area (Å²) in [4.78, 5) is 31.1. The number of carbonyl (C=O) groups excluding carboxylic acids is 1. The Morgan fingerprint density at radius 1 is 1.06 bits per heavy atom. The SMILES string of the molecule is Cc1ccc(NC(=O)c2ccc3nc(-c4ccc(OCC(=O)O)cc4Cl)[nH]c3c2)cc1C. The molecule has 7 nitrogen and oxygen atoms in total. The van der Waals surface area contributed by atoms with E-state index in [1.165, 1.54) is 6.07 Å². The quantitative estimate of drug-likeness (QED) is 0.374. The van der Waals surface area contributed by atoms with Crippen LogP contribution in [0, 0.1) is 13.8 Å². The molecule has 162 valence electrons. The summed E-state index contributed by atoms with van der Waals surface area (Å²) in [5.74, 6) is -0.409. The second-order valence-electron chi connectivity index (χ2n) is 7.39. The van der Waals surface area contributed by atoms with Crippen LogP contribution in [0.2, 0.25) is 5.02 Å². The molecular formula is C24H20ClN3O4. The van der Waals surface area contributed by atoms with Crippen molar-refractivity contribution in [1.82, 2.24) is 9.97 Å². The Morgan fingerprint density at radius 3 is 2.59 bits per heavy atom. The van der Waals surface area contributed by atoms with E-state index in [2.05, 4.69) is 15.3 Å². The molecule has 3 N–H and O–H groups in total. The Kier molecular flexibility index (Phi) is 5.83. The minimum absolute atomic E-state index is 0.218. The molecule has 0 aliphatic heterocycles. The van der Waals surface area contributed by atoms with Gasteiger partial charge in [-0.1, -0.05) is 17.7 Å². The van der Waals surface area contributed by atoms with Gasteiger partial charge in [0.2, 0.25) is 0 Å². The van der Waals surface area contributed by atoms with Gasteiger partial charge in [-0.3, -0.25) is 4.79 Å². The van der Waals surface area contributed by atoms with Crippen molar-refractivity contribution in [2.24, 2.45) is 0 Å². The second kappa shape index (κ2) is 8.72. The molecule has 0 radical (unpaired) electrons. The molecule has 0 fully saturated rings. The Labute approximate surface area is 189 Å². The molecular weight excluding hydrogens is 430 g/mol. The lowest BCUT2D eigenvalue weighted by Crippen LogP contribution is -2.11. The van der Waals surface area contributed by atoms with Crippen molar-refractivity contribution in [3.05, 3.63) is 76.3 Å². The van der Waals surface area contributed by atoms with Crippen molar-refractivity contribution in [1.29, 1.82) is 0 Å². The summed E-state index contributed by atoms with van der Waals surface area (Å²) in [6.07, 6.45) is 0. The highest BCUT2D eigenvalue weighted by Crippen LogP contribution is 2.31. The van der Waals surface area contributed by atoms with Crippen LogP contribution in [0.15, 0.2) is 54.6 Å². The number of aromatic amines is 1. The zero-order chi connectivity index (χ0) is 22.8. The number of nitrogens with one attached hydrogen (secondary N) is 2. The number of hydrogen-bond donors (Lipinski definition) is 3. The van der Waals surface area contributed by atoms with E-state index in [4.69, 9.17) is 21.4 Å². The van der Waals surface area contributed by atoms with Gasteiger partial charge in [-0.05, 0) is 73.5 Å². The molecule has 0 atom stereocenters. The maximum absolute atomic E-state index is 12.7. The number of aryl methyl sites for hydroxylation is 2. The predicted molar refractivity (Wildman–Crippen MR) is 124 cm³/mol. The third-order valence-electron chi connectivity index (χ3n) is 5.07. The summed E-state index contributed by atoms with van der Waals surface area (Å²) in [5.41, 5.74) is 5.50. The van der Waals surface area contributed by atoms with E-state index in [1.807, 2.05) is 32.0 Å². The summed E-state index contributed by atoms with van der Waals surface area (Å²) < 4.78 is 5.14. The minimum Gasteiger partial charge on any atom is -0.482 e. The Balaban J connectivity index is 1.57. The monoisotopic (exact) mass is 449 g/mol. The first-order chi connectivity index (χ1) is 15.3. The number of nitrogens with zero attached hydrogens (tertiary/aromatic N) is 1. The van der Waals surface area contributed by atoms with Crippen LogP contribution >= 0.6 is 11.6 Å². The van der Waals surface area contributed by atoms with Crippen molar-refractivity contribution in [3.8, 4) is 17.1 Å². The molecule has 0 unspecified atom stereocenters. The first-order valence-corrected chi connectivity index (χ1v) is 10.2. The number of rotatable bonds is 6. The van der Waals surface area contributed by atoms with E-state index in [0.717, 1.165) is 16.8 Å². The number of hydrogen-bond acceptors (Lipinski definition) is 4. The number of amides is 1. The Hall–Kier alpha value is -3.84. The molecule has 4 aromatic rings. The highest BCUT2D eigenvalue weighted by molar-refractivity contribution is 6.33. The zero-order valence-corrected chi connectivity index (χ0v) is 18.2. The lowest BCUT2D eigenvalue weighted by Gasteiger charge is -2.07. The van der Waals surface area contributed by atoms with E-state index in [0.29, 0.717) is 38.8 Å². The number of H-pyrrole nitrogens is 1. The van der Waals surface area contributed by atoms with Crippen LogP contribution in [0.5, 0.6) is 5.75 Å². The number of imidazole rings is 1. The number of carboxylic acid groups (broad SMARTS) is 1. The molecule has 0 aliphatic carbocycles. The number of aliphatic carboxylic acids is 1. The van der Waals surface area contributed by atoms with Crippen molar-refractivity contribution in [2.45, 2.75) is 13.8 Å². The highest BCUT2D eigenvalue weighted by Gasteiger charge is 2.13. The summed E-state index contributed by atoms with van der Waals surface area (Å²) in [6.45, 7) is 3.57. The van der Waals surface area contributed by atoms with Gasteiger partial charge in [0, 0.05) is 16.8 Å². The van der Waals surface area contributed by atoms with Crippen LogP contribution in [-0.4, -0.2) is 33.6 Å². The second-order valence-corrected chi connectivity index (χ2v) is 7.80. The largest absolute Gasteiger partial charge is 0.482 e. The zero-order valence-electron chi connectivity index (χ0n) is 17.4. The number of halogens is 1. The van der Waals surface area contributed by atoms with Gasteiger partial charge in [0.25, 0.3) is 5.91 Å². The fourth-order valence-corrected chi connectivity index (χ4v) is 3.48. The van der Waals surface area contributed by atoms with Gasteiger partial charge >= 0.3 is 5.97 Å². The topological polar surface area (TPSA) is 104 Å². The summed E-state index contributed by atoms with van der Waals surface area (Å²) in [6, 6.07) is 15.9. The molecule has 1 heterocycles. The smallest absolute Gasteiger partial charge is 0.341 e. The van der Waals surface area contributed by atoms with E-state index in [9.17, 15) is 9.59 Å². The molecule has 0 saturated carbocycles. The number of carbonyl (C=O) groups is 2. The average molecular weight is 450 g/mol. The average Bonchev–Trinajstić information content (AvgIpc) is 3.18. The number of carboxylic acids is 1. The van der Waals surface area contributed by atoms with Crippen molar-refractivity contribution >= 4 is 40.2 Å². The molecule has 32 heavy (non-hydrogen) atoms. The van der Waals surface area contributed by atoms with Gasteiger partial charge in [-0.25, -0.2) is 9.78 Å². The minimum atomic E-state index is -1.07. The van der Waals surface area contributed by atoms with Gasteiger partial charge in [-0.15, -0.1) is 0 Å². The van der Waals surface area contributed by atoms with E-state index in [1.54, 1.807) is 30.3 Å². The van der Waals surface area contributed by atoms with Crippen LogP contribution in [0.3, 0.4) is 0 Å². The maximum Gasteiger partial charge on any atom is 0.341 e. The van der Waals surface area contributed by atoms with Gasteiger partial charge in [0.05, 0.1) is 16.1 Å². The van der Waals surface area contributed by atoms with Gasteiger partial charge < -0.3 is 20.1 Å². The lowest BCUT2D eigenvalue weighted by atomic mass is 10.1. The van der Waals surface area contributed by atoms with Crippen LogP contribution in [-0.2, 0) is 4.79 Å². The predicted octanol–water partition coefficient (Wildman–Crippen LogP) is 5.22.